The molecule has 0 bridgehead atoms. The smallest absolute Gasteiger partial charge is 0.248 e. The number of rotatable bonds is 6. The first-order chi connectivity index (χ1) is 16.3. The predicted octanol–water partition coefficient (Wildman–Crippen LogP) is 4.87. The van der Waals surface area contributed by atoms with E-state index in [1.54, 1.807) is 12.1 Å². The van der Waals surface area contributed by atoms with Crippen LogP contribution in [0.2, 0.25) is 0 Å². The van der Waals surface area contributed by atoms with Crippen LogP contribution in [0.4, 0.5) is 15.9 Å². The molecule has 0 atom stereocenters. The van der Waals surface area contributed by atoms with Gasteiger partial charge in [-0.1, -0.05) is 0 Å². The van der Waals surface area contributed by atoms with Gasteiger partial charge in [-0.05, 0) is 81.9 Å². The van der Waals surface area contributed by atoms with Crippen LogP contribution < -0.4 is 15.0 Å². The number of pyridine rings is 1. The molecule has 1 saturated heterocycles. The Morgan fingerprint density at radius 2 is 1.94 bits per heavy atom. The lowest BCUT2D eigenvalue weighted by Gasteiger charge is -2.36. The monoisotopic (exact) mass is 462 g/mol. The molecule has 0 radical (unpaired) electrons. The zero-order valence-electron chi connectivity index (χ0n) is 20.1. The fraction of sp³-hybridized carbons (Fsp3) is 0.333. The fourth-order valence-electron chi connectivity index (χ4n) is 4.35. The normalized spacial score (nSPS) is 14.8. The Bertz CT molecular complexity index is 1220. The van der Waals surface area contributed by atoms with Crippen molar-refractivity contribution >= 4 is 34.4 Å². The van der Waals surface area contributed by atoms with E-state index < -0.39 is 5.82 Å². The van der Waals surface area contributed by atoms with Crippen LogP contribution in [-0.4, -0.2) is 56.1 Å². The molecule has 2 aromatic carbocycles. The van der Waals surface area contributed by atoms with Crippen LogP contribution in [0.5, 0.6) is 5.75 Å². The molecule has 0 aliphatic carbocycles. The van der Waals surface area contributed by atoms with Gasteiger partial charge in [0.15, 0.2) is 0 Å². The number of methoxy groups -OCH3 is 1. The predicted molar refractivity (Wildman–Crippen MR) is 136 cm³/mol. The Morgan fingerprint density at radius 3 is 2.62 bits per heavy atom. The Morgan fingerprint density at radius 1 is 1.18 bits per heavy atom. The number of hydrogen-bond acceptors (Lipinski definition) is 5. The summed E-state index contributed by atoms with van der Waals surface area (Å²) in [5.74, 6) is 0.655. The van der Waals surface area contributed by atoms with E-state index in [4.69, 9.17) is 9.72 Å². The molecule has 1 aliphatic rings. The zero-order chi connectivity index (χ0) is 24.2. The van der Waals surface area contributed by atoms with Gasteiger partial charge in [0.25, 0.3) is 0 Å². The van der Waals surface area contributed by atoms with Crippen molar-refractivity contribution in [1.82, 2.24) is 9.88 Å². The number of carbonyl (C=O) groups is 1. The minimum atomic E-state index is -0.447. The fourth-order valence-corrected chi connectivity index (χ4v) is 4.35. The van der Waals surface area contributed by atoms with Crippen molar-refractivity contribution in [3.63, 3.8) is 0 Å². The summed E-state index contributed by atoms with van der Waals surface area (Å²) in [5.41, 5.74) is 3.00. The van der Waals surface area contributed by atoms with E-state index in [2.05, 4.69) is 42.2 Å². The van der Waals surface area contributed by atoms with Gasteiger partial charge in [-0.3, -0.25) is 4.79 Å². The van der Waals surface area contributed by atoms with Gasteiger partial charge in [-0.2, -0.15) is 0 Å². The summed E-state index contributed by atoms with van der Waals surface area (Å²) in [6, 6.07) is 13.0. The standard InChI is InChI=1S/C27H31FN4O2/c1-18-15-26(32-13-11-21(12-14-32)31(2)3)30-25-9-7-20(16-23(18)25)29-27(33)10-6-19-5-8-22(34-4)17-24(19)28/h5-10,15-17,21H,11-14H2,1-4H3,(H,29,33)/b10-6+. The van der Waals surface area contributed by atoms with E-state index in [1.165, 1.54) is 25.3 Å². The van der Waals surface area contributed by atoms with Crippen LogP contribution in [0.1, 0.15) is 24.0 Å². The van der Waals surface area contributed by atoms with Gasteiger partial charge in [0, 0.05) is 47.9 Å². The largest absolute Gasteiger partial charge is 0.497 e. The van der Waals surface area contributed by atoms with E-state index in [0.717, 1.165) is 48.2 Å². The van der Waals surface area contributed by atoms with Gasteiger partial charge in [0.1, 0.15) is 17.4 Å². The highest BCUT2D eigenvalue weighted by Gasteiger charge is 2.22. The summed E-state index contributed by atoms with van der Waals surface area (Å²) in [6.07, 6.45) is 5.03. The summed E-state index contributed by atoms with van der Waals surface area (Å²) in [7, 11) is 5.76. The van der Waals surface area contributed by atoms with E-state index in [-0.39, 0.29) is 5.91 Å². The highest BCUT2D eigenvalue weighted by molar-refractivity contribution is 6.03. The molecule has 1 aromatic heterocycles. The van der Waals surface area contributed by atoms with E-state index >= 15 is 0 Å². The third-order valence-corrected chi connectivity index (χ3v) is 6.41. The van der Waals surface area contributed by atoms with Gasteiger partial charge in [0.05, 0.1) is 12.6 Å². The summed E-state index contributed by atoms with van der Waals surface area (Å²) in [4.78, 5) is 21.9. The number of ether oxygens (including phenoxy) is 1. The number of hydrogen-bond donors (Lipinski definition) is 1. The van der Waals surface area contributed by atoms with E-state index in [0.29, 0.717) is 23.0 Å². The first kappa shape index (κ1) is 23.7. The summed E-state index contributed by atoms with van der Waals surface area (Å²) >= 11 is 0. The third kappa shape index (κ3) is 5.37. The molecule has 1 amide bonds. The Kier molecular flexibility index (Phi) is 7.12. The number of piperidine rings is 1. The lowest BCUT2D eigenvalue weighted by molar-refractivity contribution is -0.111. The van der Waals surface area contributed by atoms with E-state index in [9.17, 15) is 9.18 Å². The molecule has 34 heavy (non-hydrogen) atoms. The average molecular weight is 463 g/mol. The molecule has 4 rings (SSSR count). The number of fused-ring (bicyclic) bond motifs is 1. The summed E-state index contributed by atoms with van der Waals surface area (Å²) in [6.45, 7) is 4.06. The Labute approximate surface area is 200 Å². The molecule has 178 valence electrons. The lowest BCUT2D eigenvalue weighted by Crippen LogP contribution is -2.42. The molecule has 0 unspecified atom stereocenters. The summed E-state index contributed by atoms with van der Waals surface area (Å²) in [5, 5.41) is 3.85. The third-order valence-electron chi connectivity index (χ3n) is 6.41. The number of aryl methyl sites for hydroxylation is 1. The Balaban J connectivity index is 1.46. The van der Waals surface area contributed by atoms with Gasteiger partial charge in [-0.15, -0.1) is 0 Å². The summed E-state index contributed by atoms with van der Waals surface area (Å²) < 4.78 is 19.1. The highest BCUT2D eigenvalue weighted by atomic mass is 19.1. The number of halogens is 1. The molecule has 0 saturated carbocycles. The van der Waals surface area contributed by atoms with Gasteiger partial charge >= 0.3 is 0 Å². The number of nitrogens with zero attached hydrogens (tertiary/aromatic N) is 3. The molecule has 1 N–H and O–H groups in total. The van der Waals surface area contributed by atoms with Crippen LogP contribution in [-0.2, 0) is 4.79 Å². The first-order valence-electron chi connectivity index (χ1n) is 11.5. The molecule has 1 fully saturated rings. The maximum absolute atomic E-state index is 14.1. The number of amides is 1. The van der Waals surface area contributed by atoms with E-state index in [1.807, 2.05) is 18.2 Å². The van der Waals surface area contributed by atoms with Crippen molar-refractivity contribution in [3.8, 4) is 5.75 Å². The first-order valence-corrected chi connectivity index (χ1v) is 11.5. The van der Waals surface area contributed by atoms with Crippen LogP contribution in [0.3, 0.4) is 0 Å². The minimum absolute atomic E-state index is 0.316. The second-order valence-electron chi connectivity index (χ2n) is 8.92. The number of anilines is 2. The number of carbonyl (C=O) groups excluding carboxylic acids is 1. The molecule has 2 heterocycles. The minimum Gasteiger partial charge on any atom is -0.497 e. The van der Waals surface area contributed by atoms with Crippen molar-refractivity contribution in [2.45, 2.75) is 25.8 Å². The van der Waals surface area contributed by atoms with Crippen LogP contribution in [0.15, 0.2) is 48.5 Å². The second kappa shape index (κ2) is 10.2. The quantitative estimate of drug-likeness (QED) is 0.530. The lowest BCUT2D eigenvalue weighted by atomic mass is 10.0. The molecule has 0 spiro atoms. The average Bonchev–Trinajstić information content (AvgIpc) is 2.83. The van der Waals surface area contributed by atoms with Crippen molar-refractivity contribution in [3.05, 3.63) is 65.5 Å². The van der Waals surface area contributed by atoms with Gasteiger partial charge in [-0.25, -0.2) is 9.37 Å². The molecule has 7 heteroatoms. The van der Waals surface area contributed by atoms with Crippen LogP contribution in [0.25, 0.3) is 17.0 Å². The van der Waals surface area contributed by atoms with Crippen molar-refractivity contribution in [2.24, 2.45) is 0 Å². The van der Waals surface area contributed by atoms with Crippen molar-refractivity contribution in [1.29, 1.82) is 0 Å². The van der Waals surface area contributed by atoms with Crippen LogP contribution in [0, 0.1) is 12.7 Å². The van der Waals surface area contributed by atoms with Crippen molar-refractivity contribution < 1.29 is 13.9 Å². The maximum Gasteiger partial charge on any atom is 0.248 e. The van der Waals surface area contributed by atoms with Crippen LogP contribution >= 0.6 is 0 Å². The van der Waals surface area contributed by atoms with Gasteiger partial charge < -0.3 is 19.9 Å². The molecular weight excluding hydrogens is 431 g/mol. The second-order valence-corrected chi connectivity index (χ2v) is 8.92. The maximum atomic E-state index is 14.1. The number of aromatic nitrogens is 1. The molecule has 3 aromatic rings. The topological polar surface area (TPSA) is 57.7 Å². The molecule has 1 aliphatic heterocycles. The number of benzene rings is 2. The van der Waals surface area contributed by atoms with Gasteiger partial charge in [0.2, 0.25) is 5.91 Å². The SMILES string of the molecule is COc1ccc(/C=C/C(=O)Nc2ccc3nc(N4CCC(N(C)C)CC4)cc(C)c3c2)c(F)c1. The zero-order valence-corrected chi connectivity index (χ0v) is 20.1. The Hall–Kier alpha value is -3.45. The molecule has 6 nitrogen and oxygen atoms in total. The number of nitrogens with one attached hydrogen (secondary N) is 1. The van der Waals surface area contributed by atoms with Crippen molar-refractivity contribution in [2.75, 3.05) is 44.5 Å². The highest BCUT2D eigenvalue weighted by Crippen LogP contribution is 2.27. The molecular formula is C27H31FN4O2.